The molecule has 0 aromatic carbocycles. The zero-order valence-corrected chi connectivity index (χ0v) is 9.41. The van der Waals surface area contributed by atoms with E-state index in [-0.39, 0.29) is 19.4 Å². The van der Waals surface area contributed by atoms with Crippen LogP contribution in [0.3, 0.4) is 0 Å². The van der Waals surface area contributed by atoms with Crippen LogP contribution >= 0.6 is 7.60 Å². The maximum atomic E-state index is 13.0. The van der Waals surface area contributed by atoms with Gasteiger partial charge in [0.25, 0.3) is 5.28 Å². The Hall–Kier alpha value is -0.380. The molecule has 15 heavy (non-hydrogen) atoms. The van der Waals surface area contributed by atoms with Gasteiger partial charge in [0, 0.05) is 29.2 Å². The van der Waals surface area contributed by atoms with Crippen LogP contribution < -0.4 is 0 Å². The minimum atomic E-state index is -4.87. The summed E-state index contributed by atoms with van der Waals surface area (Å²) in [5.41, 5.74) is 0. The fraction of sp³-hybridized carbons (Fsp3) is 0.889. The third-order valence-electron chi connectivity index (χ3n) is 1.74. The van der Waals surface area contributed by atoms with Crippen molar-refractivity contribution in [1.29, 1.82) is 0 Å². The highest BCUT2D eigenvalue weighted by Crippen LogP contribution is 2.62. The third kappa shape index (κ3) is 2.10. The monoisotopic (exact) mass is 242 g/mol. The second-order valence-corrected chi connectivity index (χ2v) is 4.89. The Kier molecular flexibility index (Phi) is 1.80. The molecule has 0 aliphatic carbocycles. The lowest BCUT2D eigenvalue weighted by atomic mass is 10.2. The van der Waals surface area contributed by atoms with E-state index in [1.807, 2.05) is 0 Å². The second kappa shape index (κ2) is 4.64. The first-order chi connectivity index (χ1) is 9.75. The molecule has 0 saturated carbocycles. The van der Waals surface area contributed by atoms with Crippen molar-refractivity contribution in [3.05, 3.63) is 5.21 Å². The molecule has 1 atom stereocenters. The van der Waals surface area contributed by atoms with Crippen LogP contribution in [0.25, 0.3) is 0 Å². The Balaban J connectivity index is 3.81. The van der Waals surface area contributed by atoms with Crippen LogP contribution in [-0.4, -0.2) is 29.4 Å². The molecule has 6 heteroatoms. The van der Waals surface area contributed by atoms with Crippen molar-refractivity contribution in [3.8, 4) is 0 Å². The van der Waals surface area contributed by atoms with Crippen molar-refractivity contribution in [2.75, 3.05) is 13.2 Å². The molecule has 1 unspecified atom stereocenters. The standard InChI is InChI=1S/C9H18NO4P/c1-4-13-15(12,14-5-2)9(3)7-6-8-10(9)11/h8H,4-7H2,1-3H3/i3D3,6D2,7D2. The zero-order valence-electron chi connectivity index (χ0n) is 15.5. The van der Waals surface area contributed by atoms with Crippen LogP contribution in [0.4, 0.5) is 0 Å². The fourth-order valence-electron chi connectivity index (χ4n) is 1.09. The summed E-state index contributed by atoms with van der Waals surface area (Å²) in [5, 5.41) is 8.93. The number of rotatable bonds is 5. The maximum Gasteiger partial charge on any atom is 0.401 e. The maximum absolute atomic E-state index is 13.0. The molecular weight excluding hydrogens is 217 g/mol. The summed E-state index contributed by atoms with van der Waals surface area (Å²) >= 11 is 0. The van der Waals surface area contributed by atoms with Gasteiger partial charge in [-0.1, -0.05) is 0 Å². The first-order valence-electron chi connectivity index (χ1n) is 7.97. The lowest BCUT2D eigenvalue weighted by molar-refractivity contribution is -0.506. The topological polar surface area (TPSA) is 61.6 Å². The van der Waals surface area contributed by atoms with E-state index in [4.69, 9.17) is 18.6 Å². The number of hydrogen-bond donors (Lipinski definition) is 0. The summed E-state index contributed by atoms with van der Waals surface area (Å²) < 4.78 is 76.2. The third-order valence-corrected chi connectivity index (χ3v) is 4.04. The SMILES string of the molecule is [2H]C([2H])([2H])C1(P(=O)(OCC)OCC)[N+]([O-])=CC([2H])([2H])C1([2H])[2H]. The average Bonchev–Trinajstić information content (AvgIpc) is 2.40. The molecule has 1 aliphatic rings. The largest absolute Gasteiger partial charge is 0.623 e. The molecular formula is C9H18NO4P. The summed E-state index contributed by atoms with van der Waals surface area (Å²) in [4.78, 5) is 0. The molecule has 0 aromatic rings. The molecule has 0 amide bonds. The van der Waals surface area contributed by atoms with Gasteiger partial charge in [-0.05, 0) is 13.8 Å². The highest BCUT2D eigenvalue weighted by Gasteiger charge is 2.56. The molecule has 0 N–H and O–H groups in total. The van der Waals surface area contributed by atoms with Crippen LogP contribution in [0.2, 0.25) is 0 Å². The predicted octanol–water partition coefficient (Wildman–Crippen LogP) is 2.34. The molecule has 0 spiro atoms. The summed E-state index contributed by atoms with van der Waals surface area (Å²) in [7, 11) is -4.87. The molecule has 0 bridgehead atoms. The Morgan fingerprint density at radius 1 is 1.67 bits per heavy atom. The van der Waals surface area contributed by atoms with Crippen LogP contribution in [0, 0.1) is 5.21 Å². The summed E-state index contributed by atoms with van der Waals surface area (Å²) in [6, 6.07) is 0. The van der Waals surface area contributed by atoms with Gasteiger partial charge in [0.1, 0.15) is 0 Å². The van der Waals surface area contributed by atoms with Crippen molar-refractivity contribution >= 4 is 13.8 Å². The minimum Gasteiger partial charge on any atom is -0.623 e. The molecule has 1 rings (SSSR count). The minimum absolute atomic E-state index is 0.226. The van der Waals surface area contributed by atoms with Crippen LogP contribution in [0.1, 0.15) is 43.0 Å². The van der Waals surface area contributed by atoms with Crippen molar-refractivity contribution in [3.63, 3.8) is 0 Å². The van der Waals surface area contributed by atoms with E-state index in [1.165, 1.54) is 13.8 Å². The molecule has 0 aromatic heterocycles. The normalized spacial score (nSPS) is 41.2. The smallest absolute Gasteiger partial charge is 0.401 e. The van der Waals surface area contributed by atoms with E-state index in [2.05, 4.69) is 0 Å². The summed E-state index contributed by atoms with van der Waals surface area (Å²) in [6.07, 6.45) is -6.08. The van der Waals surface area contributed by atoms with E-state index < -0.39 is 37.2 Å². The van der Waals surface area contributed by atoms with Gasteiger partial charge in [0.2, 0.25) is 0 Å². The number of nitrogens with zero attached hydrogens (tertiary/aromatic N) is 1. The molecule has 0 fully saturated rings. The van der Waals surface area contributed by atoms with Crippen molar-refractivity contribution in [2.24, 2.45) is 0 Å². The highest BCUT2D eigenvalue weighted by molar-refractivity contribution is 7.55. The Morgan fingerprint density at radius 2 is 2.27 bits per heavy atom. The van der Waals surface area contributed by atoms with Crippen molar-refractivity contribution < 1.29 is 27.9 Å². The van der Waals surface area contributed by atoms with Crippen molar-refractivity contribution in [2.45, 2.75) is 38.7 Å². The van der Waals surface area contributed by atoms with Crippen LogP contribution in [0.15, 0.2) is 0 Å². The average molecular weight is 242 g/mol. The lowest BCUT2D eigenvalue weighted by Gasteiger charge is -2.30. The van der Waals surface area contributed by atoms with E-state index in [9.17, 15) is 9.77 Å². The van der Waals surface area contributed by atoms with Gasteiger partial charge in [0.15, 0.2) is 6.21 Å². The van der Waals surface area contributed by atoms with Gasteiger partial charge >= 0.3 is 7.60 Å². The zero-order chi connectivity index (χ0) is 17.6. The van der Waals surface area contributed by atoms with Gasteiger partial charge in [0.05, 0.1) is 13.2 Å². The molecule has 5 nitrogen and oxygen atoms in total. The number of hydroxylamine groups is 1. The van der Waals surface area contributed by atoms with Gasteiger partial charge in [-0.15, -0.1) is 0 Å². The molecule has 88 valence electrons. The molecule has 1 heterocycles. The quantitative estimate of drug-likeness (QED) is 0.422. The number of hydrogen-bond acceptors (Lipinski definition) is 4. The first-order valence-corrected chi connectivity index (χ1v) is 6.01. The van der Waals surface area contributed by atoms with Gasteiger partial charge in [-0.3, -0.25) is 4.57 Å². The van der Waals surface area contributed by atoms with Gasteiger partial charge < -0.3 is 14.3 Å². The lowest BCUT2D eigenvalue weighted by Crippen LogP contribution is -2.33. The highest BCUT2D eigenvalue weighted by atomic mass is 31.2. The second-order valence-electron chi connectivity index (χ2n) is 2.73. The van der Waals surface area contributed by atoms with Gasteiger partial charge in [-0.2, -0.15) is 4.74 Å². The summed E-state index contributed by atoms with van der Waals surface area (Å²) in [5.74, 6) is 0. The van der Waals surface area contributed by atoms with Crippen LogP contribution in [-0.2, 0) is 13.6 Å². The molecule has 0 radical (unpaired) electrons. The Bertz CT molecular complexity index is 511. The molecule has 0 saturated heterocycles. The van der Waals surface area contributed by atoms with E-state index >= 15 is 0 Å². The Labute approximate surface area is 100 Å². The first kappa shape index (κ1) is 5.80. The molecule has 1 aliphatic heterocycles. The van der Waals surface area contributed by atoms with E-state index in [0.29, 0.717) is 0 Å². The van der Waals surface area contributed by atoms with Crippen LogP contribution in [0.5, 0.6) is 0 Å². The Morgan fingerprint density at radius 3 is 2.60 bits per heavy atom. The van der Waals surface area contributed by atoms with Crippen molar-refractivity contribution in [1.82, 2.24) is 0 Å². The van der Waals surface area contributed by atoms with Gasteiger partial charge in [-0.25, -0.2) is 0 Å². The fourth-order valence-corrected chi connectivity index (χ4v) is 2.72. The van der Waals surface area contributed by atoms with E-state index in [1.54, 1.807) is 0 Å². The predicted molar refractivity (Wildman–Crippen MR) is 58.2 cm³/mol. The van der Waals surface area contributed by atoms with E-state index in [0.717, 1.165) is 0 Å². The summed E-state index contributed by atoms with van der Waals surface area (Å²) in [6.45, 7) is -1.34.